The summed E-state index contributed by atoms with van der Waals surface area (Å²) in [6.07, 6.45) is 2.55. The Bertz CT molecular complexity index is 546. The van der Waals surface area contributed by atoms with E-state index in [2.05, 4.69) is 34.7 Å². The van der Waals surface area contributed by atoms with E-state index in [1.54, 1.807) is 0 Å². The van der Waals surface area contributed by atoms with E-state index < -0.39 is 0 Å². The van der Waals surface area contributed by atoms with Gasteiger partial charge in [-0.25, -0.2) is 0 Å². The number of hydrogen-bond donors (Lipinski definition) is 1. The van der Waals surface area contributed by atoms with Gasteiger partial charge in [0, 0.05) is 6.04 Å². The highest BCUT2D eigenvalue weighted by atomic mass is 32.1. The topological polar surface area (TPSA) is 20.7 Å². The van der Waals surface area contributed by atoms with E-state index in [9.17, 15) is 0 Å². The number of H-pyrrole nitrogens is 1. The quantitative estimate of drug-likeness (QED) is 0.706. The molecule has 72 valence electrons. The predicted molar refractivity (Wildman–Crippen MR) is 60.1 cm³/mol. The number of rotatable bonds is 1. The van der Waals surface area contributed by atoms with E-state index in [4.69, 9.17) is 12.2 Å². The maximum absolute atomic E-state index is 5.32. The standard InChI is InChI=1S/C11H12N2S/c1-7-2-5-10-9(6-7)12-11(14)13(10)8-3-4-8/h2,5-6,8H,3-4H2,1H3,(H,12,14). The van der Waals surface area contributed by atoms with E-state index in [0.29, 0.717) is 6.04 Å². The van der Waals surface area contributed by atoms with E-state index in [0.717, 1.165) is 4.77 Å². The molecule has 0 atom stereocenters. The maximum atomic E-state index is 5.32. The summed E-state index contributed by atoms with van der Waals surface area (Å²) in [7, 11) is 0. The van der Waals surface area contributed by atoms with Crippen LogP contribution in [0.15, 0.2) is 18.2 Å². The third-order valence-electron chi connectivity index (χ3n) is 2.78. The smallest absolute Gasteiger partial charge is 0.178 e. The first-order chi connectivity index (χ1) is 6.75. The summed E-state index contributed by atoms with van der Waals surface area (Å²) in [5.74, 6) is 0. The second-order valence-corrected chi connectivity index (χ2v) is 4.44. The number of aromatic amines is 1. The second kappa shape index (κ2) is 2.70. The van der Waals surface area contributed by atoms with Crippen molar-refractivity contribution in [2.45, 2.75) is 25.8 Å². The average Bonchev–Trinajstić information content (AvgIpc) is 2.89. The van der Waals surface area contributed by atoms with E-state index in [1.165, 1.54) is 29.4 Å². The number of aromatic nitrogens is 2. The lowest BCUT2D eigenvalue weighted by atomic mass is 10.2. The van der Waals surface area contributed by atoms with E-state index >= 15 is 0 Å². The summed E-state index contributed by atoms with van der Waals surface area (Å²) in [6, 6.07) is 7.11. The number of nitrogens with one attached hydrogen (secondary N) is 1. The first kappa shape index (κ1) is 8.24. The van der Waals surface area contributed by atoms with Crippen molar-refractivity contribution in [3.8, 4) is 0 Å². The fraction of sp³-hybridized carbons (Fsp3) is 0.364. The number of fused-ring (bicyclic) bond motifs is 1. The predicted octanol–water partition coefficient (Wildman–Crippen LogP) is 3.34. The SMILES string of the molecule is Cc1ccc2c(c1)[nH]c(=S)n2C1CC1. The van der Waals surface area contributed by atoms with Crippen molar-refractivity contribution in [2.75, 3.05) is 0 Å². The molecule has 2 aromatic rings. The molecule has 1 aliphatic carbocycles. The van der Waals surface area contributed by atoms with Gasteiger partial charge in [-0.15, -0.1) is 0 Å². The van der Waals surface area contributed by atoms with Gasteiger partial charge in [-0.1, -0.05) is 6.07 Å². The molecule has 1 aliphatic rings. The Morgan fingerprint density at radius 2 is 2.21 bits per heavy atom. The summed E-state index contributed by atoms with van der Waals surface area (Å²) in [5, 5.41) is 0. The number of aryl methyl sites for hydroxylation is 1. The molecule has 2 nitrogen and oxygen atoms in total. The minimum atomic E-state index is 0.652. The molecule has 1 aromatic heterocycles. The molecule has 1 N–H and O–H groups in total. The summed E-state index contributed by atoms with van der Waals surface area (Å²) in [5.41, 5.74) is 3.70. The maximum Gasteiger partial charge on any atom is 0.178 e. The van der Waals surface area contributed by atoms with Crippen LogP contribution in [0, 0.1) is 11.7 Å². The van der Waals surface area contributed by atoms with Crippen LogP contribution in [0.5, 0.6) is 0 Å². The molecule has 0 spiro atoms. The average molecular weight is 204 g/mol. The van der Waals surface area contributed by atoms with Crippen molar-refractivity contribution in [2.24, 2.45) is 0 Å². The third kappa shape index (κ3) is 1.12. The van der Waals surface area contributed by atoms with Crippen LogP contribution in [0.1, 0.15) is 24.4 Å². The van der Waals surface area contributed by atoms with Crippen molar-refractivity contribution in [3.63, 3.8) is 0 Å². The number of imidazole rings is 1. The number of hydrogen-bond acceptors (Lipinski definition) is 1. The molecule has 1 saturated carbocycles. The van der Waals surface area contributed by atoms with Crippen LogP contribution in [-0.2, 0) is 0 Å². The van der Waals surface area contributed by atoms with Gasteiger partial charge in [0.05, 0.1) is 11.0 Å². The molecule has 1 heterocycles. The van der Waals surface area contributed by atoms with Crippen LogP contribution in [0.2, 0.25) is 0 Å². The highest BCUT2D eigenvalue weighted by Gasteiger charge is 2.25. The van der Waals surface area contributed by atoms with Crippen LogP contribution < -0.4 is 0 Å². The van der Waals surface area contributed by atoms with Gasteiger partial charge in [-0.05, 0) is 49.7 Å². The zero-order valence-electron chi connectivity index (χ0n) is 8.08. The van der Waals surface area contributed by atoms with E-state index in [1.807, 2.05) is 0 Å². The van der Waals surface area contributed by atoms with Crippen molar-refractivity contribution in [3.05, 3.63) is 28.5 Å². The molecule has 0 saturated heterocycles. The fourth-order valence-electron chi connectivity index (χ4n) is 1.94. The molecule has 0 radical (unpaired) electrons. The van der Waals surface area contributed by atoms with Gasteiger partial charge in [0.1, 0.15) is 0 Å². The monoisotopic (exact) mass is 204 g/mol. The van der Waals surface area contributed by atoms with Gasteiger partial charge in [-0.3, -0.25) is 0 Å². The lowest BCUT2D eigenvalue weighted by Crippen LogP contribution is -1.92. The molecule has 1 aromatic carbocycles. The van der Waals surface area contributed by atoms with E-state index in [-0.39, 0.29) is 0 Å². The zero-order valence-corrected chi connectivity index (χ0v) is 8.90. The first-order valence-corrected chi connectivity index (χ1v) is 5.37. The Kier molecular flexibility index (Phi) is 1.59. The number of benzene rings is 1. The molecule has 0 aliphatic heterocycles. The van der Waals surface area contributed by atoms with Gasteiger partial charge < -0.3 is 9.55 Å². The Hall–Kier alpha value is -1.09. The van der Waals surface area contributed by atoms with Crippen LogP contribution in [0.3, 0.4) is 0 Å². The second-order valence-electron chi connectivity index (χ2n) is 4.05. The normalized spacial score (nSPS) is 16.4. The highest BCUT2D eigenvalue weighted by molar-refractivity contribution is 7.71. The summed E-state index contributed by atoms with van der Waals surface area (Å²) in [4.78, 5) is 3.27. The molecular weight excluding hydrogens is 192 g/mol. The molecule has 0 bridgehead atoms. The van der Waals surface area contributed by atoms with Crippen LogP contribution in [0.25, 0.3) is 11.0 Å². The molecule has 0 unspecified atom stereocenters. The first-order valence-electron chi connectivity index (χ1n) is 4.96. The molecule has 3 rings (SSSR count). The Morgan fingerprint density at radius 3 is 2.93 bits per heavy atom. The lowest BCUT2D eigenvalue weighted by Gasteiger charge is -2.00. The summed E-state index contributed by atoms with van der Waals surface area (Å²) < 4.78 is 3.12. The van der Waals surface area contributed by atoms with Gasteiger partial charge in [0.2, 0.25) is 0 Å². The van der Waals surface area contributed by atoms with Crippen molar-refractivity contribution in [1.29, 1.82) is 0 Å². The third-order valence-corrected chi connectivity index (χ3v) is 3.08. The number of nitrogens with zero attached hydrogens (tertiary/aromatic N) is 1. The van der Waals surface area contributed by atoms with Crippen LogP contribution in [-0.4, -0.2) is 9.55 Å². The Labute approximate surface area is 87.6 Å². The fourth-order valence-corrected chi connectivity index (χ4v) is 2.30. The van der Waals surface area contributed by atoms with Gasteiger partial charge in [-0.2, -0.15) is 0 Å². The van der Waals surface area contributed by atoms with Crippen LogP contribution >= 0.6 is 12.2 Å². The molecule has 14 heavy (non-hydrogen) atoms. The minimum absolute atomic E-state index is 0.652. The molecule has 1 fully saturated rings. The molecule has 0 amide bonds. The lowest BCUT2D eigenvalue weighted by molar-refractivity contribution is 0.753. The minimum Gasteiger partial charge on any atom is -0.331 e. The van der Waals surface area contributed by atoms with Crippen LogP contribution in [0.4, 0.5) is 0 Å². The summed E-state index contributed by atoms with van der Waals surface area (Å²) in [6.45, 7) is 2.10. The molecular formula is C11H12N2S. The Morgan fingerprint density at radius 1 is 1.43 bits per heavy atom. The zero-order chi connectivity index (χ0) is 9.71. The van der Waals surface area contributed by atoms with Gasteiger partial charge in [0.25, 0.3) is 0 Å². The van der Waals surface area contributed by atoms with Crippen molar-refractivity contribution in [1.82, 2.24) is 9.55 Å². The Balaban J connectivity index is 2.37. The van der Waals surface area contributed by atoms with Gasteiger partial charge in [0.15, 0.2) is 4.77 Å². The van der Waals surface area contributed by atoms with Gasteiger partial charge >= 0.3 is 0 Å². The largest absolute Gasteiger partial charge is 0.331 e. The van der Waals surface area contributed by atoms with Crippen molar-refractivity contribution >= 4 is 23.3 Å². The van der Waals surface area contributed by atoms with Crippen molar-refractivity contribution < 1.29 is 0 Å². The molecule has 3 heteroatoms. The summed E-state index contributed by atoms with van der Waals surface area (Å²) >= 11 is 5.32. The highest BCUT2D eigenvalue weighted by Crippen LogP contribution is 2.37.